The zero-order chi connectivity index (χ0) is 14.0. The van der Waals surface area contributed by atoms with Crippen LogP contribution < -0.4 is 10.5 Å². The van der Waals surface area contributed by atoms with Gasteiger partial charge in [-0.3, -0.25) is 4.98 Å². The van der Waals surface area contributed by atoms with Crippen LogP contribution in [0.25, 0.3) is 0 Å². The number of nitrogens with one attached hydrogen (secondary N) is 1. The van der Waals surface area contributed by atoms with E-state index in [1.165, 1.54) is 10.9 Å². The molecule has 8 heteroatoms. The molecule has 0 aliphatic carbocycles. The first-order valence-electron chi connectivity index (χ1n) is 5.58. The highest BCUT2D eigenvalue weighted by Crippen LogP contribution is 2.15. The third-order valence-electron chi connectivity index (χ3n) is 2.76. The van der Waals surface area contributed by atoms with Crippen LogP contribution in [0.15, 0.2) is 29.8 Å². The number of rotatable bonds is 4. The van der Waals surface area contributed by atoms with Crippen LogP contribution in [0.4, 0.5) is 5.82 Å². The minimum Gasteiger partial charge on any atom is -0.381 e. The molecular formula is C11H15N5O2S. The number of pyridine rings is 1. The SMILES string of the molecule is Cc1ccncc1CNS(=O)(=O)c1c(N)ncn1C. The lowest BCUT2D eigenvalue weighted by molar-refractivity contribution is 0.571. The van der Waals surface area contributed by atoms with E-state index in [9.17, 15) is 8.42 Å². The molecule has 2 aromatic heterocycles. The van der Waals surface area contributed by atoms with Gasteiger partial charge in [-0.2, -0.15) is 0 Å². The largest absolute Gasteiger partial charge is 0.381 e. The predicted octanol–water partition coefficient (Wildman–Crippen LogP) is 0.184. The Balaban J connectivity index is 2.22. The van der Waals surface area contributed by atoms with Crippen LogP contribution in [0.3, 0.4) is 0 Å². The summed E-state index contributed by atoms with van der Waals surface area (Å²) in [5.41, 5.74) is 7.34. The van der Waals surface area contributed by atoms with Crippen LogP contribution in [0, 0.1) is 6.92 Å². The molecule has 0 bridgehead atoms. The first-order valence-corrected chi connectivity index (χ1v) is 7.06. The fourth-order valence-electron chi connectivity index (χ4n) is 1.69. The Bertz CT molecular complexity index is 673. The fourth-order valence-corrected chi connectivity index (χ4v) is 2.92. The van der Waals surface area contributed by atoms with E-state index in [1.807, 2.05) is 13.0 Å². The molecular weight excluding hydrogens is 266 g/mol. The lowest BCUT2D eigenvalue weighted by Crippen LogP contribution is -2.26. The number of sulfonamides is 1. The van der Waals surface area contributed by atoms with Gasteiger partial charge in [-0.1, -0.05) is 0 Å². The number of hydrogen-bond acceptors (Lipinski definition) is 5. The van der Waals surface area contributed by atoms with Gasteiger partial charge in [0, 0.05) is 26.0 Å². The van der Waals surface area contributed by atoms with Gasteiger partial charge in [0.1, 0.15) is 0 Å². The van der Waals surface area contributed by atoms with Crippen molar-refractivity contribution < 1.29 is 8.42 Å². The maximum atomic E-state index is 12.1. The fraction of sp³-hybridized carbons (Fsp3) is 0.273. The Kier molecular flexibility index (Phi) is 3.54. The van der Waals surface area contributed by atoms with Crippen molar-refractivity contribution in [3.8, 4) is 0 Å². The van der Waals surface area contributed by atoms with Crippen LogP contribution in [-0.2, 0) is 23.6 Å². The quantitative estimate of drug-likeness (QED) is 0.832. The lowest BCUT2D eigenvalue weighted by atomic mass is 10.2. The van der Waals surface area contributed by atoms with Gasteiger partial charge in [-0.05, 0) is 24.1 Å². The minimum absolute atomic E-state index is 0.0158. The number of nitrogens with two attached hydrogens (primary N) is 1. The van der Waals surface area contributed by atoms with E-state index < -0.39 is 10.0 Å². The molecule has 0 saturated carbocycles. The van der Waals surface area contributed by atoms with Crippen molar-refractivity contribution >= 4 is 15.8 Å². The Morgan fingerprint density at radius 2 is 2.21 bits per heavy atom. The highest BCUT2D eigenvalue weighted by atomic mass is 32.2. The first kappa shape index (κ1) is 13.5. The van der Waals surface area contributed by atoms with Crippen LogP contribution in [0.5, 0.6) is 0 Å². The van der Waals surface area contributed by atoms with Gasteiger partial charge < -0.3 is 10.3 Å². The number of nitrogen functional groups attached to an aromatic ring is 1. The maximum Gasteiger partial charge on any atom is 0.260 e. The van der Waals surface area contributed by atoms with Crippen LogP contribution in [0.2, 0.25) is 0 Å². The lowest BCUT2D eigenvalue weighted by Gasteiger charge is -2.09. The van der Waals surface area contributed by atoms with Gasteiger partial charge in [0.05, 0.1) is 6.33 Å². The van der Waals surface area contributed by atoms with E-state index in [0.717, 1.165) is 11.1 Å². The number of hydrogen-bond donors (Lipinski definition) is 2. The monoisotopic (exact) mass is 281 g/mol. The van der Waals surface area contributed by atoms with Gasteiger partial charge >= 0.3 is 0 Å². The van der Waals surface area contributed by atoms with E-state index in [1.54, 1.807) is 19.4 Å². The predicted molar refractivity (Wildman–Crippen MR) is 70.6 cm³/mol. The first-order chi connectivity index (χ1) is 8.92. The van der Waals surface area contributed by atoms with Crippen molar-refractivity contribution in [1.82, 2.24) is 19.3 Å². The highest BCUT2D eigenvalue weighted by molar-refractivity contribution is 7.89. The second-order valence-electron chi connectivity index (χ2n) is 4.17. The molecule has 0 saturated heterocycles. The second kappa shape index (κ2) is 4.98. The zero-order valence-corrected chi connectivity index (χ0v) is 11.5. The van der Waals surface area contributed by atoms with Crippen molar-refractivity contribution in [3.05, 3.63) is 35.9 Å². The maximum absolute atomic E-state index is 12.1. The highest BCUT2D eigenvalue weighted by Gasteiger charge is 2.22. The standard InChI is InChI=1S/C11H15N5O2S/c1-8-3-4-13-5-9(8)6-15-19(17,18)11-10(12)14-7-16(11)2/h3-5,7,15H,6,12H2,1-2H3. The average molecular weight is 281 g/mol. The van der Waals surface area contributed by atoms with Gasteiger partial charge in [0.25, 0.3) is 10.0 Å². The second-order valence-corrected chi connectivity index (χ2v) is 5.85. The van der Waals surface area contributed by atoms with E-state index in [-0.39, 0.29) is 17.4 Å². The summed E-state index contributed by atoms with van der Waals surface area (Å²) in [7, 11) is -2.12. The van der Waals surface area contributed by atoms with E-state index >= 15 is 0 Å². The average Bonchev–Trinajstić information content (AvgIpc) is 2.69. The van der Waals surface area contributed by atoms with Gasteiger partial charge in [-0.25, -0.2) is 18.1 Å². The molecule has 2 rings (SSSR count). The molecule has 102 valence electrons. The molecule has 0 unspecified atom stereocenters. The summed E-state index contributed by atoms with van der Waals surface area (Å²) in [6.45, 7) is 2.05. The normalized spacial score (nSPS) is 11.7. The summed E-state index contributed by atoms with van der Waals surface area (Å²) in [6.07, 6.45) is 4.65. The topological polar surface area (TPSA) is 103 Å². The van der Waals surface area contributed by atoms with Crippen molar-refractivity contribution in [2.75, 3.05) is 5.73 Å². The van der Waals surface area contributed by atoms with Crippen molar-refractivity contribution in [1.29, 1.82) is 0 Å². The molecule has 19 heavy (non-hydrogen) atoms. The molecule has 0 atom stereocenters. The minimum atomic E-state index is -3.70. The summed E-state index contributed by atoms with van der Waals surface area (Å²) in [4.78, 5) is 7.73. The molecule has 0 spiro atoms. The molecule has 0 aromatic carbocycles. The Morgan fingerprint density at radius 1 is 1.47 bits per heavy atom. The Hall–Kier alpha value is -1.93. The van der Waals surface area contributed by atoms with Gasteiger partial charge in [0.15, 0.2) is 10.8 Å². The number of anilines is 1. The van der Waals surface area contributed by atoms with Crippen LogP contribution >= 0.6 is 0 Å². The Morgan fingerprint density at radius 3 is 2.79 bits per heavy atom. The summed E-state index contributed by atoms with van der Waals surface area (Å²) < 4.78 is 28.2. The molecule has 0 aliphatic heterocycles. The number of aromatic nitrogens is 3. The zero-order valence-electron chi connectivity index (χ0n) is 10.7. The van der Waals surface area contributed by atoms with Gasteiger partial charge in [0.2, 0.25) is 0 Å². The van der Waals surface area contributed by atoms with Crippen molar-refractivity contribution in [3.63, 3.8) is 0 Å². The van der Waals surface area contributed by atoms with Crippen LogP contribution in [0.1, 0.15) is 11.1 Å². The molecule has 0 radical (unpaired) electrons. The molecule has 3 N–H and O–H groups in total. The van der Waals surface area contributed by atoms with E-state index in [0.29, 0.717) is 0 Å². The number of nitrogens with zero attached hydrogens (tertiary/aromatic N) is 3. The summed E-state index contributed by atoms with van der Waals surface area (Å²) >= 11 is 0. The molecule has 0 amide bonds. The third-order valence-corrected chi connectivity index (χ3v) is 4.29. The van der Waals surface area contributed by atoms with Crippen LogP contribution in [-0.4, -0.2) is 23.0 Å². The van der Waals surface area contributed by atoms with E-state index in [4.69, 9.17) is 5.73 Å². The molecule has 2 heterocycles. The smallest absolute Gasteiger partial charge is 0.260 e. The summed E-state index contributed by atoms with van der Waals surface area (Å²) in [5, 5.41) is -0.0333. The summed E-state index contributed by atoms with van der Waals surface area (Å²) in [6, 6.07) is 1.82. The third kappa shape index (κ3) is 2.74. The van der Waals surface area contributed by atoms with E-state index in [2.05, 4.69) is 14.7 Å². The van der Waals surface area contributed by atoms with Crippen molar-refractivity contribution in [2.24, 2.45) is 7.05 Å². The van der Waals surface area contributed by atoms with Crippen molar-refractivity contribution in [2.45, 2.75) is 18.5 Å². The molecule has 2 aromatic rings. The summed E-state index contributed by atoms with van der Waals surface area (Å²) in [5.74, 6) is -0.0158. The van der Waals surface area contributed by atoms with Gasteiger partial charge in [-0.15, -0.1) is 0 Å². The Labute approximate surface area is 111 Å². The molecule has 0 aliphatic rings. The molecule has 0 fully saturated rings. The number of aryl methyl sites for hydroxylation is 2. The molecule has 7 nitrogen and oxygen atoms in total. The number of imidazole rings is 1.